The molecule has 8 rings (SSSR count). The topological polar surface area (TPSA) is 103 Å². The van der Waals surface area contributed by atoms with E-state index in [1.807, 2.05) is 0 Å². The van der Waals surface area contributed by atoms with Crippen LogP contribution in [-0.2, 0) is 44.8 Å². The number of aromatic nitrogens is 8. The largest absolute Gasteiger partial charge is 0.258 e. The van der Waals surface area contributed by atoms with Crippen molar-refractivity contribution in [1.82, 2.24) is 39.9 Å². The van der Waals surface area contributed by atoms with Crippen LogP contribution in [0, 0.1) is 111 Å². The molecule has 0 unspecified atom stereocenters. The third-order valence-electron chi connectivity index (χ3n) is 12.1. The Morgan fingerprint density at radius 3 is 0.361 bits per heavy atom. The molecule has 0 saturated heterocycles. The van der Waals surface area contributed by atoms with Crippen LogP contribution in [0.2, 0.25) is 0 Å². The molecule has 8 heterocycles. The van der Waals surface area contributed by atoms with Crippen molar-refractivity contribution in [2.45, 2.75) is 111 Å². The summed E-state index contributed by atoms with van der Waals surface area (Å²) in [7, 11) is -4.43. The maximum Gasteiger partial charge on any atom is 0.174 e. The van der Waals surface area contributed by atoms with Crippen LogP contribution in [-0.4, -0.2) is 51.7 Å². The van der Waals surface area contributed by atoms with Gasteiger partial charge >= 0.3 is 0 Å². The van der Waals surface area contributed by atoms with Crippen molar-refractivity contribution in [3.8, 4) is 0 Å². The summed E-state index contributed by atoms with van der Waals surface area (Å²) in [5, 5.41) is 11.4. The average Bonchev–Trinajstić information content (AvgIpc) is 3.21. The molecule has 0 N–H and O–H groups in total. The fourth-order valence-corrected chi connectivity index (χ4v) is 26.7. The second-order valence-corrected chi connectivity index (χ2v) is 30.7. The Kier molecular flexibility index (Phi) is 21.6. The van der Waals surface area contributed by atoms with E-state index in [0.29, 0.717) is 0 Å². The van der Waals surface area contributed by atoms with E-state index in [0.717, 1.165) is 103 Å². The number of rotatable bonds is 12. The fourth-order valence-electron chi connectivity index (χ4n) is 9.91. The molecule has 8 aromatic heterocycles. The van der Waals surface area contributed by atoms with Gasteiger partial charge in [0.1, 0.15) is 74.1 Å². The molecule has 0 aliphatic heterocycles. The van der Waals surface area contributed by atoms with Crippen molar-refractivity contribution < 1.29 is 44.8 Å². The summed E-state index contributed by atoms with van der Waals surface area (Å²) in [6.45, 7) is 33.7. The van der Waals surface area contributed by atoms with Crippen LogP contribution in [0.25, 0.3) is 0 Å². The first kappa shape index (κ1) is 59.3. The van der Waals surface area contributed by atoms with Gasteiger partial charge in [-0.3, -0.25) is 39.9 Å². The third kappa shape index (κ3) is 16.2. The summed E-state index contributed by atoms with van der Waals surface area (Å²) in [5.74, 6) is 2.26. The maximum atomic E-state index is 4.68. The van der Waals surface area contributed by atoms with E-state index in [9.17, 15) is 0 Å². The minimum atomic E-state index is -1.11. The minimum Gasteiger partial charge on any atom is -0.258 e. The zero-order valence-corrected chi connectivity index (χ0v) is 53.2. The Balaban J connectivity index is 0.000000260. The molecule has 0 bridgehead atoms. The van der Waals surface area contributed by atoms with Gasteiger partial charge in [-0.1, -0.05) is 0 Å². The van der Waals surface area contributed by atoms with Crippen molar-refractivity contribution in [2.75, 3.05) is 11.8 Å². The van der Waals surface area contributed by atoms with Crippen LogP contribution in [0.5, 0.6) is 0 Å². The zero-order valence-electron chi connectivity index (χ0n) is 44.8. The van der Waals surface area contributed by atoms with Crippen LogP contribution >= 0.6 is 31.7 Å². The molecule has 14 heteroatoms. The van der Waals surface area contributed by atoms with Gasteiger partial charge in [-0.05, 0) is 111 Å². The van der Waals surface area contributed by atoms with E-state index in [4.69, 9.17) is 0 Å². The van der Waals surface area contributed by atoms with Gasteiger partial charge < -0.3 is 0 Å². The van der Waals surface area contributed by atoms with Crippen LogP contribution in [0.15, 0.2) is 97.1 Å². The number of nitrogens with zero attached hydrogens (tertiary/aromatic N) is 8. The second kappa shape index (κ2) is 26.2. The molecule has 0 atom stereocenters. The predicted molar refractivity (Wildman–Crippen MR) is 310 cm³/mol. The maximum absolute atomic E-state index is 4.68. The number of aryl methyl sites for hydroxylation is 16. The summed E-state index contributed by atoms with van der Waals surface area (Å²) in [6.07, 6.45) is 0. The van der Waals surface area contributed by atoms with Crippen molar-refractivity contribution in [2.24, 2.45) is 0 Å². The molecule has 382 valence electrons. The Bertz CT molecular complexity index is 2410. The monoisotopic (exact) mass is 1400 g/mol. The Morgan fingerprint density at radius 2 is 0.278 bits per heavy atom. The quantitative estimate of drug-likeness (QED) is 0.0882. The third-order valence-corrected chi connectivity index (χ3v) is 25.7. The van der Waals surface area contributed by atoms with Crippen molar-refractivity contribution in [1.29, 1.82) is 0 Å². The van der Waals surface area contributed by atoms with Gasteiger partial charge in [0.25, 0.3) is 0 Å². The first-order valence-corrected chi connectivity index (χ1v) is 31.1. The molecule has 8 nitrogen and oxygen atoms in total. The summed E-state index contributed by atoms with van der Waals surface area (Å²) in [6, 6.07) is 36.9. The van der Waals surface area contributed by atoms with E-state index < -0.39 is 31.7 Å². The number of pyridine rings is 8. The molecule has 0 aliphatic rings. The van der Waals surface area contributed by atoms with E-state index in [1.54, 1.807) is 0 Å². The van der Waals surface area contributed by atoms with E-state index in [-0.39, 0.29) is 44.8 Å². The normalized spacial score (nSPS) is 11.2. The molecule has 0 aliphatic carbocycles. The van der Waals surface area contributed by atoms with Gasteiger partial charge in [-0.15, -0.1) is 0 Å². The summed E-state index contributed by atoms with van der Waals surface area (Å²) in [4.78, 5) is 37.5. The molecule has 0 fully saturated rings. The molecule has 0 saturated carbocycles. The summed E-state index contributed by atoms with van der Waals surface area (Å²) >= 11 is 0. The van der Waals surface area contributed by atoms with Crippen LogP contribution in [0.3, 0.4) is 0 Å². The van der Waals surface area contributed by atoms with Crippen molar-refractivity contribution in [3.63, 3.8) is 0 Å². The SMILES string of the molecule is Cc1cc([PH+](C[PH+](c2cc(C)nc(C)c2)c2cc(C)nc(C)c2)c2cc(C)nc(C)c2)cc(C)n1.Cc1cc([PH+](C[PH+](c2cc(C)nc(C)c2)c2cc(C)nc(C)c2)c2cc(C)nc(C)c2)cc(C)n1.[Au].[Au]. The van der Waals surface area contributed by atoms with Gasteiger partial charge in [-0.2, -0.15) is 0 Å². The van der Waals surface area contributed by atoms with Crippen LogP contribution < -0.4 is 42.4 Å². The molecule has 2 radical (unpaired) electrons. The zero-order chi connectivity index (χ0) is 50.6. The Hall–Kier alpha value is -3.60. The smallest absolute Gasteiger partial charge is 0.174 e. The predicted octanol–water partition coefficient (Wildman–Crippen LogP) is 9.44. The van der Waals surface area contributed by atoms with Gasteiger partial charge in [0.2, 0.25) is 0 Å². The van der Waals surface area contributed by atoms with Crippen molar-refractivity contribution in [3.05, 3.63) is 188 Å². The molecule has 0 amide bonds. The number of hydrogen-bond acceptors (Lipinski definition) is 8. The molecule has 8 aromatic rings. The van der Waals surface area contributed by atoms with Gasteiger partial charge in [-0.25, -0.2) is 0 Å². The first-order valence-electron chi connectivity index (χ1n) is 24.2. The Labute approximate surface area is 465 Å². The van der Waals surface area contributed by atoms with E-state index in [1.165, 1.54) is 42.4 Å². The van der Waals surface area contributed by atoms with Gasteiger partial charge in [0, 0.05) is 233 Å². The van der Waals surface area contributed by atoms with Crippen LogP contribution in [0.4, 0.5) is 0 Å². The molecule has 0 aromatic carbocycles. The molecule has 0 spiro atoms. The Morgan fingerprint density at radius 1 is 0.194 bits per heavy atom. The first-order chi connectivity index (χ1) is 33.1. The standard InChI is InChI=1S/2C29H34N4P2.2Au/c2*1-18-9-26(10-19(2)30-18)34(27-11-20(3)31-21(4)12-27)17-35(28-13-22(5)32-23(6)14-28)29-15-24(7)33-25(8)16-29;;/h2*9-16H,17H2,1-8H3;;/p+4. The summed E-state index contributed by atoms with van der Waals surface area (Å²) in [5.41, 5.74) is 17.4. The fraction of sp³-hybridized carbons (Fsp3) is 0.310. The van der Waals surface area contributed by atoms with E-state index in [2.05, 4.69) is 248 Å². The van der Waals surface area contributed by atoms with Gasteiger partial charge in [0.05, 0.1) is 0 Å². The second-order valence-electron chi connectivity index (χ2n) is 19.4. The molecular formula is C58H72Au2N8P4+4. The van der Waals surface area contributed by atoms with Gasteiger partial charge in [0.15, 0.2) is 11.8 Å². The molecular weight excluding hydrogens is 1330 g/mol. The van der Waals surface area contributed by atoms with E-state index >= 15 is 0 Å². The van der Waals surface area contributed by atoms with Crippen LogP contribution in [0.1, 0.15) is 91.1 Å². The number of hydrogen-bond donors (Lipinski definition) is 0. The van der Waals surface area contributed by atoms with Crippen molar-refractivity contribution >= 4 is 74.1 Å². The minimum absolute atomic E-state index is 0. The summed E-state index contributed by atoms with van der Waals surface area (Å²) < 4.78 is 0. The average molecular weight is 1400 g/mol. The molecule has 72 heavy (non-hydrogen) atoms.